The third-order valence-electron chi connectivity index (χ3n) is 3.42. The fourth-order valence-corrected chi connectivity index (χ4v) is 2.22. The smallest absolute Gasteiger partial charge is 0.419 e. The lowest BCUT2D eigenvalue weighted by atomic mass is 10.2. The number of benzene rings is 1. The maximum atomic E-state index is 12.9. The van der Waals surface area contributed by atoms with E-state index in [1.807, 2.05) is 13.0 Å². The van der Waals surface area contributed by atoms with Crippen LogP contribution < -0.4 is 20.7 Å². The van der Waals surface area contributed by atoms with Gasteiger partial charge < -0.3 is 20.7 Å². The van der Waals surface area contributed by atoms with E-state index in [0.29, 0.717) is 11.4 Å². The third kappa shape index (κ3) is 5.27. The molecule has 0 radical (unpaired) electrons. The van der Waals surface area contributed by atoms with Crippen molar-refractivity contribution in [3.05, 3.63) is 47.7 Å². The van der Waals surface area contributed by atoms with E-state index < -0.39 is 17.8 Å². The number of carbonyl (C=O) groups excluding carboxylic acids is 1. The second-order valence-corrected chi connectivity index (χ2v) is 5.41. The number of methoxy groups -OCH3 is 1. The molecular weight excluding hydrogens is 349 g/mol. The molecule has 0 fully saturated rings. The van der Waals surface area contributed by atoms with E-state index in [2.05, 4.69) is 20.9 Å². The number of amides is 2. The minimum absolute atomic E-state index is 0.0818. The monoisotopic (exact) mass is 368 g/mol. The number of urea groups is 1. The Balaban J connectivity index is 1.86. The SMILES string of the molecule is COc1ccc(C)cc1NC(=O)NCCNc1ncccc1C(F)(F)F. The van der Waals surface area contributed by atoms with Gasteiger partial charge in [-0.3, -0.25) is 0 Å². The summed E-state index contributed by atoms with van der Waals surface area (Å²) in [5, 5.41) is 7.76. The predicted octanol–water partition coefficient (Wildman–Crippen LogP) is 3.65. The van der Waals surface area contributed by atoms with Crippen LogP contribution in [0.5, 0.6) is 5.75 Å². The van der Waals surface area contributed by atoms with Gasteiger partial charge in [-0.1, -0.05) is 6.07 Å². The molecule has 1 aromatic carbocycles. The Bertz CT molecular complexity index is 766. The molecule has 9 heteroatoms. The lowest BCUT2D eigenvalue weighted by Crippen LogP contribution is -2.33. The largest absolute Gasteiger partial charge is 0.495 e. The van der Waals surface area contributed by atoms with Crippen LogP contribution in [0.4, 0.5) is 29.5 Å². The molecule has 2 rings (SSSR count). The number of anilines is 2. The molecule has 2 amide bonds. The highest BCUT2D eigenvalue weighted by Gasteiger charge is 2.33. The minimum atomic E-state index is -4.50. The molecule has 0 aliphatic heterocycles. The van der Waals surface area contributed by atoms with E-state index >= 15 is 0 Å². The number of alkyl halides is 3. The number of pyridine rings is 1. The van der Waals surface area contributed by atoms with Crippen molar-refractivity contribution in [2.75, 3.05) is 30.8 Å². The van der Waals surface area contributed by atoms with Crippen LogP contribution in [0.2, 0.25) is 0 Å². The molecular formula is C17H19F3N4O2. The van der Waals surface area contributed by atoms with Gasteiger partial charge in [-0.05, 0) is 36.8 Å². The van der Waals surface area contributed by atoms with Gasteiger partial charge in [0, 0.05) is 19.3 Å². The van der Waals surface area contributed by atoms with Crippen molar-refractivity contribution in [2.45, 2.75) is 13.1 Å². The lowest BCUT2D eigenvalue weighted by Gasteiger charge is -2.14. The summed E-state index contributed by atoms with van der Waals surface area (Å²) in [5.74, 6) is 0.231. The van der Waals surface area contributed by atoms with Crippen LogP contribution >= 0.6 is 0 Å². The summed E-state index contributed by atoms with van der Waals surface area (Å²) in [7, 11) is 1.49. The summed E-state index contributed by atoms with van der Waals surface area (Å²) in [6.45, 7) is 2.06. The van der Waals surface area contributed by atoms with Gasteiger partial charge in [0.05, 0.1) is 18.4 Å². The number of nitrogens with zero attached hydrogens (tertiary/aromatic N) is 1. The van der Waals surface area contributed by atoms with Crippen molar-refractivity contribution >= 4 is 17.5 Å². The van der Waals surface area contributed by atoms with Crippen LogP contribution in [0.15, 0.2) is 36.5 Å². The van der Waals surface area contributed by atoms with Gasteiger partial charge in [-0.15, -0.1) is 0 Å². The Morgan fingerprint density at radius 2 is 2.00 bits per heavy atom. The highest BCUT2D eigenvalue weighted by molar-refractivity contribution is 5.91. The average Bonchev–Trinajstić information content (AvgIpc) is 2.58. The Kier molecular flexibility index (Phi) is 6.26. The summed E-state index contributed by atoms with van der Waals surface area (Å²) in [4.78, 5) is 15.6. The average molecular weight is 368 g/mol. The standard InChI is InChI=1S/C17H19F3N4O2/c1-11-5-6-14(26-2)13(10-11)24-16(25)23-9-8-22-15-12(17(18,19)20)4-3-7-21-15/h3-7,10H,8-9H2,1-2H3,(H,21,22)(H2,23,24,25). The van der Waals surface area contributed by atoms with Crippen molar-refractivity contribution in [1.29, 1.82) is 0 Å². The van der Waals surface area contributed by atoms with Gasteiger partial charge in [-0.25, -0.2) is 9.78 Å². The zero-order valence-corrected chi connectivity index (χ0v) is 14.3. The maximum Gasteiger partial charge on any atom is 0.419 e. The molecule has 0 saturated heterocycles. The first-order valence-corrected chi connectivity index (χ1v) is 7.77. The fraction of sp³-hybridized carbons (Fsp3) is 0.294. The summed E-state index contributed by atoms with van der Waals surface area (Å²) >= 11 is 0. The number of rotatable bonds is 6. The summed E-state index contributed by atoms with van der Waals surface area (Å²) in [5.41, 5.74) is 0.591. The highest BCUT2D eigenvalue weighted by atomic mass is 19.4. The molecule has 0 aliphatic carbocycles. The first kappa shape index (κ1) is 19.4. The Hall–Kier alpha value is -2.97. The van der Waals surface area contributed by atoms with E-state index in [-0.39, 0.29) is 18.9 Å². The van der Waals surface area contributed by atoms with Crippen molar-refractivity contribution in [3.63, 3.8) is 0 Å². The zero-order valence-electron chi connectivity index (χ0n) is 14.3. The van der Waals surface area contributed by atoms with Crippen LogP contribution in [-0.2, 0) is 6.18 Å². The van der Waals surface area contributed by atoms with E-state index in [4.69, 9.17) is 4.74 Å². The molecule has 1 aromatic heterocycles. The first-order chi connectivity index (χ1) is 12.3. The molecule has 3 N–H and O–H groups in total. The second-order valence-electron chi connectivity index (χ2n) is 5.41. The number of halogens is 3. The Morgan fingerprint density at radius 3 is 2.69 bits per heavy atom. The van der Waals surface area contributed by atoms with Gasteiger partial charge in [0.2, 0.25) is 0 Å². The van der Waals surface area contributed by atoms with Gasteiger partial charge >= 0.3 is 12.2 Å². The molecule has 0 unspecified atom stereocenters. The number of aromatic nitrogens is 1. The van der Waals surface area contributed by atoms with E-state index in [9.17, 15) is 18.0 Å². The van der Waals surface area contributed by atoms with Gasteiger partial charge in [-0.2, -0.15) is 13.2 Å². The Morgan fingerprint density at radius 1 is 1.23 bits per heavy atom. The third-order valence-corrected chi connectivity index (χ3v) is 3.42. The quantitative estimate of drug-likeness (QED) is 0.681. The molecule has 140 valence electrons. The molecule has 6 nitrogen and oxygen atoms in total. The minimum Gasteiger partial charge on any atom is -0.495 e. The number of hydrogen-bond donors (Lipinski definition) is 3. The summed E-state index contributed by atoms with van der Waals surface area (Å²) in [6.07, 6.45) is -3.23. The summed E-state index contributed by atoms with van der Waals surface area (Å²) < 4.78 is 43.7. The van der Waals surface area contributed by atoms with E-state index in [1.165, 1.54) is 19.4 Å². The Labute approximate surface area is 148 Å². The van der Waals surface area contributed by atoms with Crippen molar-refractivity contribution < 1.29 is 22.7 Å². The number of aryl methyl sites for hydroxylation is 1. The number of ether oxygens (including phenoxy) is 1. The molecule has 2 aromatic rings. The van der Waals surface area contributed by atoms with Gasteiger partial charge in [0.25, 0.3) is 0 Å². The second kappa shape index (κ2) is 8.41. The van der Waals surface area contributed by atoms with Crippen molar-refractivity contribution in [3.8, 4) is 5.75 Å². The molecule has 0 atom stereocenters. The van der Waals surface area contributed by atoms with Crippen LogP contribution in [0, 0.1) is 6.92 Å². The van der Waals surface area contributed by atoms with Crippen molar-refractivity contribution in [1.82, 2.24) is 10.3 Å². The summed E-state index contributed by atoms with van der Waals surface area (Å²) in [6, 6.07) is 6.99. The van der Waals surface area contributed by atoms with Crippen LogP contribution in [-0.4, -0.2) is 31.2 Å². The molecule has 26 heavy (non-hydrogen) atoms. The zero-order chi connectivity index (χ0) is 19.2. The number of nitrogens with one attached hydrogen (secondary N) is 3. The predicted molar refractivity (Wildman–Crippen MR) is 92.5 cm³/mol. The van der Waals surface area contributed by atoms with Crippen LogP contribution in [0.1, 0.15) is 11.1 Å². The molecule has 0 bridgehead atoms. The molecule has 0 spiro atoms. The molecule has 0 aliphatic rings. The van der Waals surface area contributed by atoms with E-state index in [1.54, 1.807) is 12.1 Å². The fourth-order valence-electron chi connectivity index (χ4n) is 2.22. The van der Waals surface area contributed by atoms with Gasteiger partial charge in [0.1, 0.15) is 11.6 Å². The highest BCUT2D eigenvalue weighted by Crippen LogP contribution is 2.33. The number of hydrogen-bond acceptors (Lipinski definition) is 4. The molecule has 1 heterocycles. The van der Waals surface area contributed by atoms with Gasteiger partial charge in [0.15, 0.2) is 0 Å². The van der Waals surface area contributed by atoms with Crippen LogP contribution in [0.3, 0.4) is 0 Å². The number of carbonyl (C=O) groups is 1. The van der Waals surface area contributed by atoms with Crippen molar-refractivity contribution in [2.24, 2.45) is 0 Å². The lowest BCUT2D eigenvalue weighted by molar-refractivity contribution is -0.137. The topological polar surface area (TPSA) is 75.3 Å². The van der Waals surface area contributed by atoms with Crippen LogP contribution in [0.25, 0.3) is 0 Å². The van der Waals surface area contributed by atoms with E-state index in [0.717, 1.165) is 11.6 Å². The first-order valence-electron chi connectivity index (χ1n) is 7.77. The maximum absolute atomic E-state index is 12.9. The normalized spacial score (nSPS) is 11.0. The molecule has 0 saturated carbocycles.